The van der Waals surface area contributed by atoms with Gasteiger partial charge < -0.3 is 19.6 Å². The van der Waals surface area contributed by atoms with Crippen molar-refractivity contribution in [1.29, 1.82) is 0 Å². The average Bonchev–Trinajstić information content (AvgIpc) is 2.55. The minimum Gasteiger partial charge on any atom is -0.393 e. The highest BCUT2D eigenvalue weighted by Crippen LogP contribution is 2.27. The lowest BCUT2D eigenvalue weighted by molar-refractivity contribution is 0.122. The Labute approximate surface area is 136 Å². The number of morpholine rings is 1. The molecule has 1 saturated heterocycles. The van der Waals surface area contributed by atoms with Gasteiger partial charge in [-0.1, -0.05) is 11.6 Å². The zero-order valence-electron chi connectivity index (χ0n) is 12.9. The molecule has 0 unspecified atom stereocenters. The summed E-state index contributed by atoms with van der Waals surface area (Å²) in [6.45, 7) is 3.08. The predicted octanol–water partition coefficient (Wildman–Crippen LogP) is 1.71. The van der Waals surface area contributed by atoms with Crippen LogP contribution in [0.15, 0.2) is 6.07 Å². The van der Waals surface area contributed by atoms with Gasteiger partial charge in [-0.2, -0.15) is 4.98 Å². The monoisotopic (exact) mass is 326 g/mol. The maximum absolute atomic E-state index is 9.65. The summed E-state index contributed by atoms with van der Waals surface area (Å²) in [5, 5.41) is 10.1. The molecule has 2 fully saturated rings. The molecule has 1 aliphatic carbocycles. The summed E-state index contributed by atoms with van der Waals surface area (Å²) in [5.74, 6) is 1.52. The lowest BCUT2D eigenvalue weighted by Crippen LogP contribution is -2.39. The van der Waals surface area contributed by atoms with Gasteiger partial charge in [-0.25, -0.2) is 4.98 Å². The van der Waals surface area contributed by atoms with Crippen LogP contribution in [0.25, 0.3) is 0 Å². The van der Waals surface area contributed by atoms with Crippen molar-refractivity contribution in [1.82, 2.24) is 9.97 Å². The number of ether oxygens (including phenoxy) is 1. The van der Waals surface area contributed by atoms with Gasteiger partial charge in [0.2, 0.25) is 5.95 Å². The molecule has 22 heavy (non-hydrogen) atoms. The lowest BCUT2D eigenvalue weighted by atomic mass is 9.92. The first-order valence-electron chi connectivity index (χ1n) is 7.91. The molecule has 0 bridgehead atoms. The van der Waals surface area contributed by atoms with Crippen LogP contribution in [0.3, 0.4) is 0 Å². The summed E-state index contributed by atoms with van der Waals surface area (Å²) < 4.78 is 5.38. The Bertz CT molecular complexity index is 502. The lowest BCUT2D eigenvalue weighted by Gasteiger charge is -2.34. The largest absolute Gasteiger partial charge is 0.393 e. The standard InChI is InChI=1S/C15H23ClN4O2/c1-19(11-2-4-12(21)5-3-11)15-17-13(16)10-14(18-15)20-6-8-22-9-7-20/h10-12,21H,2-9H2,1H3. The Morgan fingerprint density at radius 3 is 2.59 bits per heavy atom. The number of halogens is 1. The van der Waals surface area contributed by atoms with Gasteiger partial charge in [-0.3, -0.25) is 0 Å². The quantitative estimate of drug-likeness (QED) is 0.853. The SMILES string of the molecule is CN(c1nc(Cl)cc(N2CCOCC2)n1)C1CCC(O)CC1. The topological polar surface area (TPSA) is 61.7 Å². The van der Waals surface area contributed by atoms with Crippen LogP contribution in [0.4, 0.5) is 11.8 Å². The molecule has 1 N–H and O–H groups in total. The van der Waals surface area contributed by atoms with Crippen molar-refractivity contribution in [3.05, 3.63) is 11.2 Å². The van der Waals surface area contributed by atoms with E-state index in [4.69, 9.17) is 16.3 Å². The summed E-state index contributed by atoms with van der Waals surface area (Å²) in [6.07, 6.45) is 3.44. The van der Waals surface area contributed by atoms with E-state index in [-0.39, 0.29) is 6.10 Å². The molecule has 0 aromatic carbocycles. The Morgan fingerprint density at radius 1 is 1.23 bits per heavy atom. The molecule has 2 heterocycles. The van der Waals surface area contributed by atoms with Crippen molar-refractivity contribution in [2.75, 3.05) is 43.2 Å². The van der Waals surface area contributed by atoms with Crippen LogP contribution < -0.4 is 9.80 Å². The second-order valence-corrected chi connectivity index (χ2v) is 6.41. The minimum atomic E-state index is -0.158. The zero-order chi connectivity index (χ0) is 15.5. The molecule has 1 aromatic rings. The number of aliphatic hydroxyl groups is 1. The summed E-state index contributed by atoms with van der Waals surface area (Å²) in [4.78, 5) is 13.4. The maximum Gasteiger partial charge on any atom is 0.228 e. The summed E-state index contributed by atoms with van der Waals surface area (Å²) >= 11 is 6.20. The summed E-state index contributed by atoms with van der Waals surface area (Å²) in [5.41, 5.74) is 0. The van der Waals surface area contributed by atoms with Gasteiger partial charge >= 0.3 is 0 Å². The third kappa shape index (κ3) is 3.62. The van der Waals surface area contributed by atoms with E-state index in [1.54, 1.807) is 0 Å². The molecule has 1 aromatic heterocycles. The van der Waals surface area contributed by atoms with Crippen molar-refractivity contribution in [3.8, 4) is 0 Å². The van der Waals surface area contributed by atoms with Gasteiger partial charge in [0.1, 0.15) is 11.0 Å². The van der Waals surface area contributed by atoms with Crippen LogP contribution in [0.1, 0.15) is 25.7 Å². The van der Waals surface area contributed by atoms with Crippen molar-refractivity contribution >= 4 is 23.4 Å². The fourth-order valence-electron chi connectivity index (χ4n) is 3.12. The van der Waals surface area contributed by atoms with Crippen molar-refractivity contribution in [3.63, 3.8) is 0 Å². The van der Waals surface area contributed by atoms with E-state index in [0.717, 1.165) is 44.6 Å². The summed E-state index contributed by atoms with van der Waals surface area (Å²) in [6, 6.07) is 2.17. The fraction of sp³-hybridized carbons (Fsp3) is 0.733. The minimum absolute atomic E-state index is 0.158. The fourth-order valence-corrected chi connectivity index (χ4v) is 3.29. The first-order valence-corrected chi connectivity index (χ1v) is 8.29. The number of hydrogen-bond acceptors (Lipinski definition) is 6. The normalized spacial score (nSPS) is 26.0. The Hall–Kier alpha value is -1.11. The van der Waals surface area contributed by atoms with E-state index in [0.29, 0.717) is 30.4 Å². The van der Waals surface area contributed by atoms with Crippen LogP contribution in [-0.2, 0) is 4.74 Å². The van der Waals surface area contributed by atoms with Gasteiger partial charge in [0.15, 0.2) is 0 Å². The number of hydrogen-bond donors (Lipinski definition) is 1. The van der Waals surface area contributed by atoms with Crippen LogP contribution in [0, 0.1) is 0 Å². The second kappa shape index (κ2) is 6.98. The van der Waals surface area contributed by atoms with Crippen molar-refractivity contribution in [2.24, 2.45) is 0 Å². The molecular weight excluding hydrogens is 304 g/mol. The van der Waals surface area contributed by atoms with E-state index in [1.165, 1.54) is 0 Å². The zero-order valence-corrected chi connectivity index (χ0v) is 13.7. The van der Waals surface area contributed by atoms with E-state index in [1.807, 2.05) is 13.1 Å². The molecule has 0 radical (unpaired) electrons. The summed E-state index contributed by atoms with van der Waals surface area (Å²) in [7, 11) is 2.01. The number of aromatic nitrogens is 2. The molecule has 7 heteroatoms. The predicted molar refractivity (Wildman–Crippen MR) is 86.7 cm³/mol. The van der Waals surface area contributed by atoms with Crippen LogP contribution in [0.2, 0.25) is 5.15 Å². The third-order valence-corrected chi connectivity index (χ3v) is 4.73. The molecule has 1 saturated carbocycles. The molecule has 1 aliphatic heterocycles. The number of rotatable bonds is 3. The highest BCUT2D eigenvalue weighted by Gasteiger charge is 2.25. The maximum atomic E-state index is 9.65. The van der Waals surface area contributed by atoms with Gasteiger partial charge in [-0.15, -0.1) is 0 Å². The highest BCUT2D eigenvalue weighted by atomic mass is 35.5. The Kier molecular flexibility index (Phi) is 5.00. The number of anilines is 2. The second-order valence-electron chi connectivity index (χ2n) is 6.02. The van der Waals surface area contributed by atoms with E-state index in [9.17, 15) is 5.11 Å². The molecule has 0 amide bonds. The Balaban J connectivity index is 1.76. The molecule has 3 rings (SSSR count). The van der Waals surface area contributed by atoms with E-state index in [2.05, 4.69) is 19.8 Å². The van der Waals surface area contributed by atoms with Gasteiger partial charge in [0.25, 0.3) is 0 Å². The molecule has 6 nitrogen and oxygen atoms in total. The van der Waals surface area contributed by atoms with Gasteiger partial charge in [0, 0.05) is 32.2 Å². The first kappa shape index (κ1) is 15.8. The Morgan fingerprint density at radius 2 is 1.91 bits per heavy atom. The van der Waals surface area contributed by atoms with Crippen LogP contribution in [0.5, 0.6) is 0 Å². The molecule has 122 valence electrons. The molecule has 0 atom stereocenters. The van der Waals surface area contributed by atoms with E-state index >= 15 is 0 Å². The average molecular weight is 327 g/mol. The third-order valence-electron chi connectivity index (χ3n) is 4.53. The van der Waals surface area contributed by atoms with E-state index < -0.39 is 0 Å². The number of nitrogens with zero attached hydrogens (tertiary/aromatic N) is 4. The number of aliphatic hydroxyl groups excluding tert-OH is 1. The van der Waals surface area contributed by atoms with Crippen molar-refractivity contribution < 1.29 is 9.84 Å². The smallest absolute Gasteiger partial charge is 0.228 e. The van der Waals surface area contributed by atoms with Gasteiger partial charge in [0.05, 0.1) is 19.3 Å². The van der Waals surface area contributed by atoms with Gasteiger partial charge in [-0.05, 0) is 25.7 Å². The highest BCUT2D eigenvalue weighted by molar-refractivity contribution is 6.29. The molecule has 2 aliphatic rings. The molecular formula is C15H23ClN4O2. The molecule has 0 spiro atoms. The van der Waals surface area contributed by atoms with Crippen LogP contribution in [-0.4, -0.2) is 60.6 Å². The van der Waals surface area contributed by atoms with Crippen molar-refractivity contribution in [2.45, 2.75) is 37.8 Å². The first-order chi connectivity index (χ1) is 10.6. The van der Waals surface area contributed by atoms with Crippen LogP contribution >= 0.6 is 11.6 Å².